The number of benzene rings is 1. The SMILES string of the molecule is CCNC(=NCc1ccc(C#N)cc1)NCC1CCCO1. The normalized spacial score (nSPS) is 18.3. The monoisotopic (exact) mass is 286 g/mol. The van der Waals surface area contributed by atoms with Crippen LogP contribution < -0.4 is 10.6 Å². The fourth-order valence-corrected chi connectivity index (χ4v) is 2.21. The third-order valence-electron chi connectivity index (χ3n) is 3.37. The summed E-state index contributed by atoms with van der Waals surface area (Å²) in [5.74, 6) is 0.803. The Morgan fingerprint density at radius 3 is 2.81 bits per heavy atom. The number of hydrogen-bond acceptors (Lipinski definition) is 3. The lowest BCUT2D eigenvalue weighted by Crippen LogP contribution is -2.41. The first kappa shape index (κ1) is 15.3. The number of guanidine groups is 1. The fourth-order valence-electron chi connectivity index (χ4n) is 2.21. The van der Waals surface area contributed by atoms with Crippen LogP contribution in [0, 0.1) is 11.3 Å². The molecule has 1 aromatic rings. The minimum Gasteiger partial charge on any atom is -0.376 e. The van der Waals surface area contributed by atoms with E-state index in [0.29, 0.717) is 18.2 Å². The average Bonchev–Trinajstić information content (AvgIpc) is 3.04. The highest BCUT2D eigenvalue weighted by molar-refractivity contribution is 5.79. The van der Waals surface area contributed by atoms with E-state index in [-0.39, 0.29) is 0 Å². The molecule has 0 aromatic heterocycles. The Hall–Kier alpha value is -2.06. The van der Waals surface area contributed by atoms with Gasteiger partial charge in [0.25, 0.3) is 0 Å². The number of ether oxygens (including phenoxy) is 1. The van der Waals surface area contributed by atoms with Crippen molar-refractivity contribution in [3.63, 3.8) is 0 Å². The maximum Gasteiger partial charge on any atom is 0.191 e. The summed E-state index contributed by atoms with van der Waals surface area (Å²) < 4.78 is 5.59. The summed E-state index contributed by atoms with van der Waals surface area (Å²) in [6.45, 7) is 5.12. The summed E-state index contributed by atoms with van der Waals surface area (Å²) in [5, 5.41) is 15.3. The zero-order valence-corrected chi connectivity index (χ0v) is 12.4. The Labute approximate surface area is 126 Å². The van der Waals surface area contributed by atoms with E-state index in [1.165, 1.54) is 0 Å². The lowest BCUT2D eigenvalue weighted by Gasteiger charge is -2.14. The topological polar surface area (TPSA) is 69.4 Å². The van der Waals surface area contributed by atoms with Gasteiger partial charge in [-0.1, -0.05) is 12.1 Å². The van der Waals surface area contributed by atoms with Crippen LogP contribution in [0.5, 0.6) is 0 Å². The van der Waals surface area contributed by atoms with E-state index in [0.717, 1.165) is 44.1 Å². The quantitative estimate of drug-likeness (QED) is 0.639. The predicted molar refractivity (Wildman–Crippen MR) is 82.9 cm³/mol. The van der Waals surface area contributed by atoms with Crippen LogP contribution in [0.25, 0.3) is 0 Å². The van der Waals surface area contributed by atoms with Crippen LogP contribution in [-0.4, -0.2) is 31.8 Å². The second-order valence-corrected chi connectivity index (χ2v) is 5.02. The van der Waals surface area contributed by atoms with E-state index < -0.39 is 0 Å². The molecule has 0 bridgehead atoms. The van der Waals surface area contributed by atoms with Crippen molar-refractivity contribution in [2.24, 2.45) is 4.99 Å². The predicted octanol–water partition coefficient (Wildman–Crippen LogP) is 1.79. The molecule has 1 fully saturated rings. The summed E-state index contributed by atoms with van der Waals surface area (Å²) in [6, 6.07) is 9.62. The Kier molecular flexibility index (Phi) is 6.04. The lowest BCUT2D eigenvalue weighted by molar-refractivity contribution is 0.114. The van der Waals surface area contributed by atoms with E-state index >= 15 is 0 Å². The van der Waals surface area contributed by atoms with E-state index in [1.54, 1.807) is 0 Å². The third-order valence-corrected chi connectivity index (χ3v) is 3.37. The molecule has 1 saturated heterocycles. The number of nitrogens with one attached hydrogen (secondary N) is 2. The van der Waals surface area contributed by atoms with Crippen molar-refractivity contribution in [3.05, 3.63) is 35.4 Å². The van der Waals surface area contributed by atoms with Crippen LogP contribution in [0.15, 0.2) is 29.3 Å². The maximum atomic E-state index is 8.78. The van der Waals surface area contributed by atoms with Crippen LogP contribution in [-0.2, 0) is 11.3 Å². The smallest absolute Gasteiger partial charge is 0.191 e. The number of aliphatic imine (C=N–C) groups is 1. The number of hydrogen-bond donors (Lipinski definition) is 2. The molecule has 112 valence electrons. The molecule has 5 heteroatoms. The number of nitriles is 1. The van der Waals surface area contributed by atoms with Crippen molar-refractivity contribution in [3.8, 4) is 6.07 Å². The highest BCUT2D eigenvalue weighted by atomic mass is 16.5. The maximum absolute atomic E-state index is 8.78. The van der Waals surface area contributed by atoms with Crippen LogP contribution >= 0.6 is 0 Å². The molecule has 2 N–H and O–H groups in total. The summed E-state index contributed by atoms with van der Waals surface area (Å²) in [5.41, 5.74) is 1.76. The molecule has 1 aliphatic heterocycles. The van der Waals surface area contributed by atoms with Gasteiger partial charge in [0.2, 0.25) is 0 Å². The van der Waals surface area contributed by atoms with Gasteiger partial charge < -0.3 is 15.4 Å². The van der Waals surface area contributed by atoms with Crippen LogP contribution in [0.2, 0.25) is 0 Å². The van der Waals surface area contributed by atoms with Gasteiger partial charge in [-0.2, -0.15) is 5.26 Å². The molecule has 1 aromatic carbocycles. The van der Waals surface area contributed by atoms with Gasteiger partial charge >= 0.3 is 0 Å². The third kappa shape index (κ3) is 5.09. The summed E-state index contributed by atoms with van der Waals surface area (Å²) in [4.78, 5) is 4.56. The van der Waals surface area contributed by atoms with E-state index in [1.807, 2.05) is 31.2 Å². The summed E-state index contributed by atoms with van der Waals surface area (Å²) in [6.07, 6.45) is 2.55. The summed E-state index contributed by atoms with van der Waals surface area (Å²) in [7, 11) is 0. The molecule has 0 spiro atoms. The highest BCUT2D eigenvalue weighted by Gasteiger charge is 2.15. The van der Waals surface area contributed by atoms with E-state index in [2.05, 4.69) is 21.7 Å². The van der Waals surface area contributed by atoms with E-state index in [9.17, 15) is 0 Å². The van der Waals surface area contributed by atoms with Crippen molar-refractivity contribution >= 4 is 5.96 Å². The molecule has 0 radical (unpaired) electrons. The molecule has 0 amide bonds. The van der Waals surface area contributed by atoms with Gasteiger partial charge in [-0.25, -0.2) is 4.99 Å². The Balaban J connectivity index is 1.87. The van der Waals surface area contributed by atoms with Gasteiger partial charge in [-0.3, -0.25) is 0 Å². The zero-order valence-electron chi connectivity index (χ0n) is 12.4. The van der Waals surface area contributed by atoms with Crippen molar-refractivity contribution in [2.75, 3.05) is 19.7 Å². The number of nitrogens with zero attached hydrogens (tertiary/aromatic N) is 2. The molecular formula is C16H22N4O. The second-order valence-electron chi connectivity index (χ2n) is 5.02. The van der Waals surface area contributed by atoms with Gasteiger partial charge in [0.1, 0.15) is 0 Å². The molecular weight excluding hydrogens is 264 g/mol. The minimum absolute atomic E-state index is 0.295. The Morgan fingerprint density at radius 2 is 2.19 bits per heavy atom. The molecule has 1 atom stereocenters. The zero-order chi connectivity index (χ0) is 14.9. The largest absolute Gasteiger partial charge is 0.376 e. The minimum atomic E-state index is 0.295. The van der Waals surface area contributed by atoms with Gasteiger partial charge in [0.05, 0.1) is 24.3 Å². The van der Waals surface area contributed by atoms with Gasteiger partial charge in [0.15, 0.2) is 5.96 Å². The molecule has 2 rings (SSSR count). The van der Waals surface area contributed by atoms with Crippen molar-refractivity contribution in [1.82, 2.24) is 10.6 Å². The van der Waals surface area contributed by atoms with E-state index in [4.69, 9.17) is 10.00 Å². The van der Waals surface area contributed by atoms with Crippen molar-refractivity contribution < 1.29 is 4.74 Å². The first-order valence-electron chi connectivity index (χ1n) is 7.44. The van der Waals surface area contributed by atoms with Gasteiger partial charge in [-0.05, 0) is 37.5 Å². The van der Waals surface area contributed by atoms with Crippen molar-refractivity contribution in [2.45, 2.75) is 32.4 Å². The molecule has 5 nitrogen and oxygen atoms in total. The van der Waals surface area contributed by atoms with Crippen LogP contribution in [0.1, 0.15) is 30.9 Å². The molecule has 21 heavy (non-hydrogen) atoms. The van der Waals surface area contributed by atoms with Gasteiger partial charge in [0, 0.05) is 19.7 Å². The Morgan fingerprint density at radius 1 is 1.38 bits per heavy atom. The molecule has 1 unspecified atom stereocenters. The molecule has 0 saturated carbocycles. The average molecular weight is 286 g/mol. The Bertz CT molecular complexity index is 498. The number of rotatable bonds is 5. The highest BCUT2D eigenvalue weighted by Crippen LogP contribution is 2.10. The molecule has 0 aliphatic carbocycles. The first-order chi connectivity index (χ1) is 10.3. The summed E-state index contributed by atoms with van der Waals surface area (Å²) >= 11 is 0. The molecule has 1 heterocycles. The molecule has 1 aliphatic rings. The van der Waals surface area contributed by atoms with Crippen LogP contribution in [0.4, 0.5) is 0 Å². The second kappa shape index (κ2) is 8.28. The fraction of sp³-hybridized carbons (Fsp3) is 0.500. The van der Waals surface area contributed by atoms with Crippen molar-refractivity contribution in [1.29, 1.82) is 5.26 Å². The standard InChI is InChI=1S/C16H22N4O/c1-2-18-16(20-12-15-4-3-9-21-15)19-11-14-7-5-13(10-17)6-8-14/h5-8,15H,2-4,9,11-12H2,1H3,(H2,18,19,20). The van der Waals surface area contributed by atoms with Gasteiger partial charge in [-0.15, -0.1) is 0 Å². The van der Waals surface area contributed by atoms with Crippen LogP contribution in [0.3, 0.4) is 0 Å². The lowest BCUT2D eigenvalue weighted by atomic mass is 10.1. The first-order valence-corrected chi connectivity index (χ1v) is 7.44.